The van der Waals surface area contributed by atoms with Gasteiger partial charge in [0, 0.05) is 17.8 Å². The molecule has 4 nitrogen and oxygen atoms in total. The fraction of sp³-hybridized carbons (Fsp3) is 0.182. The SMILES string of the molecule is CC(CCc1ccccc1)Nc1nc(-c2ccccc2Cl)cn2c(Br)cnc12. The molecular weight excluding hydrogens is 436 g/mol. The molecule has 4 aromatic rings. The Morgan fingerprint density at radius 2 is 1.86 bits per heavy atom. The Morgan fingerprint density at radius 3 is 2.64 bits per heavy atom. The van der Waals surface area contributed by atoms with Crippen molar-refractivity contribution in [2.45, 2.75) is 25.8 Å². The van der Waals surface area contributed by atoms with Crippen LogP contribution in [0.15, 0.2) is 71.6 Å². The fourth-order valence-electron chi connectivity index (χ4n) is 3.19. The van der Waals surface area contributed by atoms with Crippen LogP contribution in [0.3, 0.4) is 0 Å². The van der Waals surface area contributed by atoms with E-state index >= 15 is 0 Å². The minimum Gasteiger partial charge on any atom is -0.364 e. The maximum Gasteiger partial charge on any atom is 0.181 e. The number of nitrogens with one attached hydrogen (secondary N) is 1. The number of benzene rings is 2. The smallest absolute Gasteiger partial charge is 0.181 e. The standard InChI is InChI=1S/C22H20BrClN4/c1-15(11-12-16-7-3-2-4-8-16)26-21-22-25-13-20(23)28(22)14-19(27-21)17-9-5-6-10-18(17)24/h2-10,13-15H,11-12H2,1H3,(H,26,27). The number of hydrogen-bond donors (Lipinski definition) is 1. The number of imidazole rings is 1. The average molecular weight is 456 g/mol. The van der Waals surface area contributed by atoms with Crippen molar-refractivity contribution in [3.8, 4) is 11.3 Å². The molecule has 0 amide bonds. The molecule has 0 radical (unpaired) electrons. The second-order valence-electron chi connectivity index (χ2n) is 6.80. The monoisotopic (exact) mass is 454 g/mol. The molecule has 142 valence electrons. The predicted molar refractivity (Wildman–Crippen MR) is 119 cm³/mol. The van der Waals surface area contributed by atoms with E-state index in [1.807, 2.05) is 40.9 Å². The van der Waals surface area contributed by atoms with Crippen LogP contribution in [0.5, 0.6) is 0 Å². The summed E-state index contributed by atoms with van der Waals surface area (Å²) in [5.41, 5.74) is 3.82. The Labute approximate surface area is 177 Å². The van der Waals surface area contributed by atoms with Crippen molar-refractivity contribution in [1.29, 1.82) is 0 Å². The maximum absolute atomic E-state index is 6.40. The molecular formula is C22H20BrClN4. The van der Waals surface area contributed by atoms with Gasteiger partial charge in [0.1, 0.15) is 4.60 Å². The van der Waals surface area contributed by atoms with Crippen molar-refractivity contribution in [1.82, 2.24) is 14.4 Å². The van der Waals surface area contributed by atoms with E-state index in [2.05, 4.69) is 57.4 Å². The summed E-state index contributed by atoms with van der Waals surface area (Å²) in [4.78, 5) is 9.35. The van der Waals surface area contributed by atoms with Gasteiger partial charge in [-0.05, 0) is 47.3 Å². The van der Waals surface area contributed by atoms with Crippen LogP contribution in [0, 0.1) is 0 Å². The number of aryl methyl sites for hydroxylation is 1. The third-order valence-corrected chi connectivity index (χ3v) is 5.61. The van der Waals surface area contributed by atoms with Gasteiger partial charge in [-0.2, -0.15) is 0 Å². The summed E-state index contributed by atoms with van der Waals surface area (Å²) in [6.45, 7) is 2.17. The molecule has 0 spiro atoms. The molecule has 2 aromatic carbocycles. The molecule has 6 heteroatoms. The first kappa shape index (κ1) is 19.0. The molecule has 28 heavy (non-hydrogen) atoms. The average Bonchev–Trinajstić information content (AvgIpc) is 3.09. The Morgan fingerprint density at radius 1 is 1.11 bits per heavy atom. The van der Waals surface area contributed by atoms with Crippen LogP contribution >= 0.6 is 27.5 Å². The van der Waals surface area contributed by atoms with Crippen molar-refractivity contribution < 1.29 is 0 Å². The highest BCUT2D eigenvalue weighted by Crippen LogP contribution is 2.30. The molecule has 2 aromatic heterocycles. The van der Waals surface area contributed by atoms with Crippen LogP contribution in [-0.2, 0) is 6.42 Å². The molecule has 0 aliphatic carbocycles. The quantitative estimate of drug-likeness (QED) is 0.374. The number of aromatic nitrogens is 3. The lowest BCUT2D eigenvalue weighted by atomic mass is 10.1. The highest BCUT2D eigenvalue weighted by Gasteiger charge is 2.15. The second-order valence-corrected chi connectivity index (χ2v) is 8.02. The summed E-state index contributed by atoms with van der Waals surface area (Å²) >= 11 is 9.97. The molecule has 0 bridgehead atoms. The van der Waals surface area contributed by atoms with Gasteiger partial charge in [-0.3, -0.25) is 4.40 Å². The lowest BCUT2D eigenvalue weighted by Crippen LogP contribution is -2.18. The molecule has 4 rings (SSSR count). The van der Waals surface area contributed by atoms with E-state index in [0.717, 1.165) is 40.2 Å². The Balaban J connectivity index is 1.63. The third kappa shape index (κ3) is 4.05. The number of rotatable bonds is 6. The Kier molecular flexibility index (Phi) is 5.64. The zero-order chi connectivity index (χ0) is 19.5. The number of fused-ring (bicyclic) bond motifs is 1. The second kappa shape index (κ2) is 8.33. The number of anilines is 1. The van der Waals surface area contributed by atoms with Crippen molar-refractivity contribution in [3.05, 3.63) is 82.2 Å². The van der Waals surface area contributed by atoms with Gasteiger partial charge in [-0.15, -0.1) is 0 Å². The summed E-state index contributed by atoms with van der Waals surface area (Å²) < 4.78 is 2.86. The van der Waals surface area contributed by atoms with E-state index in [9.17, 15) is 0 Å². The summed E-state index contributed by atoms with van der Waals surface area (Å²) in [6, 6.07) is 18.5. The van der Waals surface area contributed by atoms with E-state index in [0.29, 0.717) is 5.02 Å². The molecule has 0 fully saturated rings. The first-order valence-corrected chi connectivity index (χ1v) is 10.4. The van der Waals surface area contributed by atoms with E-state index in [1.54, 1.807) is 6.20 Å². The zero-order valence-corrected chi connectivity index (χ0v) is 17.8. The van der Waals surface area contributed by atoms with Crippen molar-refractivity contribution in [2.24, 2.45) is 0 Å². The predicted octanol–water partition coefficient (Wildman–Crippen LogP) is 6.25. The molecule has 2 heterocycles. The van der Waals surface area contributed by atoms with Crippen LogP contribution in [0.1, 0.15) is 18.9 Å². The highest BCUT2D eigenvalue weighted by molar-refractivity contribution is 9.10. The molecule has 0 saturated carbocycles. The maximum atomic E-state index is 6.40. The molecule has 0 aliphatic heterocycles. The van der Waals surface area contributed by atoms with Crippen molar-refractivity contribution in [3.63, 3.8) is 0 Å². The minimum atomic E-state index is 0.244. The Hall–Kier alpha value is -2.37. The van der Waals surface area contributed by atoms with Crippen LogP contribution in [0.25, 0.3) is 16.9 Å². The van der Waals surface area contributed by atoms with E-state index in [1.165, 1.54) is 5.56 Å². The lowest BCUT2D eigenvalue weighted by molar-refractivity contribution is 0.703. The molecule has 1 atom stereocenters. The topological polar surface area (TPSA) is 42.2 Å². The fourth-order valence-corrected chi connectivity index (χ4v) is 3.79. The van der Waals surface area contributed by atoms with Gasteiger partial charge in [0.05, 0.1) is 16.9 Å². The largest absolute Gasteiger partial charge is 0.364 e. The van der Waals surface area contributed by atoms with Gasteiger partial charge in [0.15, 0.2) is 11.5 Å². The lowest BCUT2D eigenvalue weighted by Gasteiger charge is -2.16. The minimum absolute atomic E-state index is 0.244. The van der Waals surface area contributed by atoms with Gasteiger partial charge in [0.2, 0.25) is 0 Å². The first-order chi connectivity index (χ1) is 13.6. The molecule has 0 aliphatic rings. The summed E-state index contributed by atoms with van der Waals surface area (Å²) in [7, 11) is 0. The van der Waals surface area contributed by atoms with Crippen LogP contribution < -0.4 is 5.32 Å². The third-order valence-electron chi connectivity index (χ3n) is 4.69. The van der Waals surface area contributed by atoms with E-state index in [4.69, 9.17) is 16.6 Å². The van der Waals surface area contributed by atoms with Gasteiger partial charge >= 0.3 is 0 Å². The van der Waals surface area contributed by atoms with Gasteiger partial charge in [-0.25, -0.2) is 9.97 Å². The summed E-state index contributed by atoms with van der Waals surface area (Å²) in [5, 5.41) is 4.21. The summed E-state index contributed by atoms with van der Waals surface area (Å²) in [5.74, 6) is 0.753. The number of nitrogens with zero attached hydrogens (tertiary/aromatic N) is 3. The first-order valence-electron chi connectivity index (χ1n) is 9.21. The normalized spacial score (nSPS) is 12.2. The van der Waals surface area contributed by atoms with Crippen LogP contribution in [0.4, 0.5) is 5.82 Å². The molecule has 1 N–H and O–H groups in total. The summed E-state index contributed by atoms with van der Waals surface area (Å²) in [6.07, 6.45) is 5.74. The van der Waals surface area contributed by atoms with Crippen LogP contribution in [-0.4, -0.2) is 20.4 Å². The van der Waals surface area contributed by atoms with Gasteiger partial charge < -0.3 is 5.32 Å². The molecule has 0 saturated heterocycles. The zero-order valence-electron chi connectivity index (χ0n) is 15.4. The van der Waals surface area contributed by atoms with Gasteiger partial charge in [-0.1, -0.05) is 60.1 Å². The molecule has 1 unspecified atom stereocenters. The Bertz CT molecular complexity index is 1090. The van der Waals surface area contributed by atoms with E-state index in [-0.39, 0.29) is 6.04 Å². The van der Waals surface area contributed by atoms with Crippen molar-refractivity contribution >= 4 is 39.0 Å². The number of halogens is 2. The number of hydrogen-bond acceptors (Lipinski definition) is 3. The highest BCUT2D eigenvalue weighted by atomic mass is 79.9. The van der Waals surface area contributed by atoms with Gasteiger partial charge in [0.25, 0.3) is 0 Å². The van der Waals surface area contributed by atoms with Crippen molar-refractivity contribution in [2.75, 3.05) is 5.32 Å². The van der Waals surface area contributed by atoms with E-state index < -0.39 is 0 Å². The van der Waals surface area contributed by atoms with Crippen LogP contribution in [0.2, 0.25) is 5.02 Å².